The van der Waals surface area contributed by atoms with Gasteiger partial charge >= 0.3 is 0 Å². The molecule has 37 heavy (non-hydrogen) atoms. The number of rotatable bonds is 6. The molecule has 1 aromatic heterocycles. The molecule has 8 nitrogen and oxygen atoms in total. The van der Waals surface area contributed by atoms with Crippen molar-refractivity contribution in [3.63, 3.8) is 0 Å². The van der Waals surface area contributed by atoms with Gasteiger partial charge < -0.3 is 14.7 Å². The van der Waals surface area contributed by atoms with Crippen molar-refractivity contribution in [2.45, 2.75) is 65.6 Å². The van der Waals surface area contributed by atoms with Gasteiger partial charge in [0.05, 0.1) is 5.56 Å². The number of amides is 2. The fourth-order valence-electron chi connectivity index (χ4n) is 5.84. The maximum Gasteiger partial charge on any atom is 0.249 e. The van der Waals surface area contributed by atoms with Crippen LogP contribution < -0.4 is 9.80 Å². The van der Waals surface area contributed by atoms with Crippen molar-refractivity contribution in [2.24, 2.45) is 0 Å². The Bertz CT molecular complexity index is 1220. The highest BCUT2D eigenvalue weighted by Gasteiger charge is 2.44. The van der Waals surface area contributed by atoms with E-state index in [-0.39, 0.29) is 23.9 Å². The van der Waals surface area contributed by atoms with Gasteiger partial charge in [-0.3, -0.25) is 14.5 Å². The molecule has 0 radical (unpaired) electrons. The highest BCUT2D eigenvalue weighted by atomic mass is 16.2. The Morgan fingerprint density at radius 2 is 1.92 bits per heavy atom. The minimum atomic E-state index is -0.445. The summed E-state index contributed by atoms with van der Waals surface area (Å²) in [5.41, 5.74) is 4.20. The average molecular weight is 503 g/mol. The number of benzene rings is 1. The van der Waals surface area contributed by atoms with Crippen molar-refractivity contribution in [3.05, 3.63) is 52.7 Å². The topological polar surface area (TPSA) is 83.8 Å². The summed E-state index contributed by atoms with van der Waals surface area (Å²) in [4.78, 5) is 39.0. The van der Waals surface area contributed by atoms with Gasteiger partial charge in [0.15, 0.2) is 0 Å². The Kier molecular flexibility index (Phi) is 7.84. The Balaban J connectivity index is 1.70. The first-order valence-corrected chi connectivity index (χ1v) is 13.1. The molecule has 2 aliphatic heterocycles. The molecule has 4 rings (SSSR count). The summed E-state index contributed by atoms with van der Waals surface area (Å²) in [6.07, 6.45) is 1.55. The number of aryl methyl sites for hydroxylation is 3. The van der Waals surface area contributed by atoms with Crippen LogP contribution in [-0.2, 0) is 9.59 Å². The highest BCUT2D eigenvalue weighted by molar-refractivity contribution is 5.99. The number of hydrogen-bond acceptors (Lipinski definition) is 6. The highest BCUT2D eigenvalue weighted by Crippen LogP contribution is 2.34. The second-order valence-electron chi connectivity index (χ2n) is 10.4. The van der Waals surface area contributed by atoms with Gasteiger partial charge in [-0.2, -0.15) is 5.26 Å². The van der Waals surface area contributed by atoms with Crippen LogP contribution in [-0.4, -0.2) is 78.0 Å². The molecular formula is C29H38N6O2. The molecule has 2 amide bonds. The fraction of sp³-hybridized carbons (Fsp3) is 0.517. The first-order chi connectivity index (χ1) is 17.6. The van der Waals surface area contributed by atoms with E-state index < -0.39 is 6.04 Å². The number of aromatic nitrogens is 1. The summed E-state index contributed by atoms with van der Waals surface area (Å²) in [6.45, 7) is 12.1. The van der Waals surface area contributed by atoms with Gasteiger partial charge in [-0.1, -0.05) is 12.1 Å². The number of pyridine rings is 1. The monoisotopic (exact) mass is 502 g/mol. The zero-order valence-electron chi connectivity index (χ0n) is 22.9. The van der Waals surface area contributed by atoms with Crippen LogP contribution in [0.4, 0.5) is 11.5 Å². The Hall–Kier alpha value is -3.44. The van der Waals surface area contributed by atoms with Crippen molar-refractivity contribution in [1.29, 1.82) is 5.26 Å². The summed E-state index contributed by atoms with van der Waals surface area (Å²) in [6, 6.07) is 12.2. The van der Waals surface area contributed by atoms with Gasteiger partial charge in [-0.15, -0.1) is 0 Å². The van der Waals surface area contributed by atoms with Gasteiger partial charge in [0, 0.05) is 56.6 Å². The standard InChI is InChI=1S/C29H38N6O2/c1-7-34(23-10-8-9-19(2)13-23)29(37)27-15-25(32(6)24-11-12-33(17-24)22(5)36)18-35(27)28-26(16-30)20(3)14-21(4)31-28/h8-10,13-14,24-25,27H,7,11-12,15,17-18H2,1-6H3/t24?,25-,27-/m1/s1. The number of nitriles is 1. The largest absolute Gasteiger partial charge is 0.342 e. The van der Waals surface area contributed by atoms with Crippen LogP contribution in [0.5, 0.6) is 0 Å². The smallest absolute Gasteiger partial charge is 0.249 e. The molecule has 2 aromatic rings. The molecule has 0 bridgehead atoms. The van der Waals surface area contributed by atoms with E-state index in [0.29, 0.717) is 37.4 Å². The van der Waals surface area contributed by atoms with E-state index in [1.54, 1.807) is 6.92 Å². The van der Waals surface area contributed by atoms with E-state index in [4.69, 9.17) is 4.98 Å². The van der Waals surface area contributed by atoms with E-state index in [2.05, 4.69) is 22.9 Å². The van der Waals surface area contributed by atoms with Crippen molar-refractivity contribution < 1.29 is 9.59 Å². The molecule has 1 aromatic carbocycles. The SMILES string of the molecule is CCN(C(=O)[C@H]1C[C@@H](N(C)C2CCN(C(C)=O)C2)CN1c1nc(C)cc(C)c1C#N)c1cccc(C)c1. The number of carbonyl (C=O) groups excluding carboxylic acids is 2. The summed E-state index contributed by atoms with van der Waals surface area (Å²) < 4.78 is 0. The van der Waals surface area contributed by atoms with Crippen molar-refractivity contribution in [1.82, 2.24) is 14.8 Å². The zero-order chi connectivity index (χ0) is 26.9. The Labute approximate surface area is 220 Å². The van der Waals surface area contributed by atoms with Crippen molar-refractivity contribution in [2.75, 3.05) is 43.0 Å². The summed E-state index contributed by atoms with van der Waals surface area (Å²) in [5.74, 6) is 0.712. The van der Waals surface area contributed by atoms with Crippen LogP contribution >= 0.6 is 0 Å². The third-order valence-corrected chi connectivity index (χ3v) is 7.93. The van der Waals surface area contributed by atoms with Crippen LogP contribution in [0.15, 0.2) is 30.3 Å². The molecule has 0 spiro atoms. The van der Waals surface area contributed by atoms with Crippen LogP contribution in [0.1, 0.15) is 49.1 Å². The number of carbonyl (C=O) groups is 2. The van der Waals surface area contributed by atoms with Gasteiger partial charge in [0.2, 0.25) is 11.8 Å². The van der Waals surface area contributed by atoms with Crippen LogP contribution in [0.3, 0.4) is 0 Å². The van der Waals surface area contributed by atoms with Gasteiger partial charge in [0.25, 0.3) is 0 Å². The fourth-order valence-corrected chi connectivity index (χ4v) is 5.84. The minimum Gasteiger partial charge on any atom is -0.342 e. The lowest BCUT2D eigenvalue weighted by Gasteiger charge is -2.31. The van der Waals surface area contributed by atoms with Crippen LogP contribution in [0.2, 0.25) is 0 Å². The lowest BCUT2D eigenvalue weighted by atomic mass is 10.1. The van der Waals surface area contributed by atoms with Crippen molar-refractivity contribution >= 4 is 23.3 Å². The lowest BCUT2D eigenvalue weighted by molar-refractivity contribution is -0.128. The van der Waals surface area contributed by atoms with Gasteiger partial charge in [-0.25, -0.2) is 4.98 Å². The quantitative estimate of drug-likeness (QED) is 0.602. The molecule has 2 saturated heterocycles. The van der Waals surface area contributed by atoms with E-state index in [1.165, 1.54) is 0 Å². The Morgan fingerprint density at radius 1 is 1.16 bits per heavy atom. The van der Waals surface area contributed by atoms with E-state index >= 15 is 0 Å². The molecule has 0 aliphatic carbocycles. The molecular weight excluding hydrogens is 464 g/mol. The maximum atomic E-state index is 14.2. The molecule has 0 saturated carbocycles. The Morgan fingerprint density at radius 3 is 2.54 bits per heavy atom. The number of likely N-dealkylation sites (N-methyl/N-ethyl adjacent to an activating group) is 2. The predicted octanol–water partition coefficient (Wildman–Crippen LogP) is 3.43. The molecule has 0 N–H and O–H groups in total. The predicted molar refractivity (Wildman–Crippen MR) is 146 cm³/mol. The third kappa shape index (κ3) is 5.33. The molecule has 3 heterocycles. The van der Waals surface area contributed by atoms with Crippen LogP contribution in [0.25, 0.3) is 0 Å². The lowest BCUT2D eigenvalue weighted by Crippen LogP contribution is -2.46. The maximum absolute atomic E-state index is 14.2. The summed E-state index contributed by atoms with van der Waals surface area (Å²) >= 11 is 0. The molecule has 1 unspecified atom stereocenters. The molecule has 2 fully saturated rings. The molecule has 196 valence electrons. The van der Waals surface area contributed by atoms with E-state index in [0.717, 1.165) is 35.5 Å². The minimum absolute atomic E-state index is 0.0191. The zero-order valence-corrected chi connectivity index (χ0v) is 22.9. The summed E-state index contributed by atoms with van der Waals surface area (Å²) in [7, 11) is 2.10. The number of nitrogens with zero attached hydrogens (tertiary/aromatic N) is 6. The average Bonchev–Trinajstić information content (AvgIpc) is 3.52. The molecule has 3 atom stereocenters. The number of hydrogen-bond donors (Lipinski definition) is 0. The molecule has 8 heteroatoms. The second-order valence-corrected chi connectivity index (χ2v) is 10.4. The molecule has 2 aliphatic rings. The first kappa shape index (κ1) is 26.6. The van der Waals surface area contributed by atoms with Gasteiger partial charge in [0.1, 0.15) is 17.9 Å². The number of likely N-dealkylation sites (tertiary alicyclic amines) is 1. The van der Waals surface area contributed by atoms with Crippen LogP contribution in [0, 0.1) is 32.1 Å². The number of anilines is 2. The van der Waals surface area contributed by atoms with Crippen molar-refractivity contribution in [3.8, 4) is 6.07 Å². The third-order valence-electron chi connectivity index (χ3n) is 7.93. The van der Waals surface area contributed by atoms with E-state index in [1.807, 2.05) is 67.8 Å². The van der Waals surface area contributed by atoms with E-state index in [9.17, 15) is 14.9 Å². The normalized spacial score (nSPS) is 21.4. The first-order valence-electron chi connectivity index (χ1n) is 13.1. The summed E-state index contributed by atoms with van der Waals surface area (Å²) in [5, 5.41) is 10.0. The van der Waals surface area contributed by atoms with Gasteiger partial charge in [-0.05, 0) is 76.9 Å². The second kappa shape index (κ2) is 10.9.